The zero-order chi connectivity index (χ0) is 20.4. The summed E-state index contributed by atoms with van der Waals surface area (Å²) in [5.74, 6) is -1.02. The number of phenolic OH excluding ortho intramolecular Hbond substituents is 1. The summed E-state index contributed by atoms with van der Waals surface area (Å²) in [6.07, 6.45) is 1.67. The van der Waals surface area contributed by atoms with E-state index in [4.69, 9.17) is 9.84 Å². The van der Waals surface area contributed by atoms with Crippen LogP contribution in [0.5, 0.6) is 11.5 Å². The smallest absolute Gasteiger partial charge is 0.335 e. The maximum Gasteiger partial charge on any atom is 0.335 e. The second kappa shape index (κ2) is 8.07. The molecule has 0 aromatic heterocycles. The molecule has 0 unspecified atom stereocenters. The van der Waals surface area contributed by atoms with Gasteiger partial charge in [0.1, 0.15) is 0 Å². The third-order valence-corrected chi connectivity index (χ3v) is 5.55. The molecule has 1 heterocycles. The number of aromatic carboxylic acids is 1. The Morgan fingerprint density at radius 1 is 1.32 bits per heavy atom. The Kier molecular flexibility index (Phi) is 5.76. The van der Waals surface area contributed by atoms with Gasteiger partial charge in [-0.25, -0.2) is 9.79 Å². The fraction of sp³-hybridized carbons (Fsp3) is 0.105. The van der Waals surface area contributed by atoms with Gasteiger partial charge in [0, 0.05) is 7.05 Å². The molecule has 7 nitrogen and oxygen atoms in total. The number of carboxylic acids is 1. The van der Waals surface area contributed by atoms with E-state index in [0.717, 1.165) is 0 Å². The number of rotatable bonds is 4. The first-order valence-electron chi connectivity index (χ1n) is 7.96. The van der Waals surface area contributed by atoms with E-state index in [1.807, 2.05) is 0 Å². The van der Waals surface area contributed by atoms with E-state index in [9.17, 15) is 14.7 Å². The van der Waals surface area contributed by atoms with Crippen molar-refractivity contribution in [3.8, 4) is 11.5 Å². The quantitative estimate of drug-likeness (QED) is 0.663. The number of benzene rings is 2. The summed E-state index contributed by atoms with van der Waals surface area (Å²) in [6.45, 7) is 0. The van der Waals surface area contributed by atoms with Gasteiger partial charge in [0.15, 0.2) is 16.7 Å². The number of phenols is 1. The van der Waals surface area contributed by atoms with Gasteiger partial charge in [-0.15, -0.1) is 0 Å². The van der Waals surface area contributed by atoms with E-state index in [2.05, 4.69) is 20.9 Å². The molecule has 1 amide bonds. The number of amidine groups is 1. The summed E-state index contributed by atoms with van der Waals surface area (Å²) >= 11 is 4.43. The lowest BCUT2D eigenvalue weighted by molar-refractivity contribution is -0.121. The highest BCUT2D eigenvalue weighted by atomic mass is 79.9. The number of halogens is 1. The van der Waals surface area contributed by atoms with Crippen molar-refractivity contribution in [1.29, 1.82) is 0 Å². The average Bonchev–Trinajstić information content (AvgIpc) is 2.92. The van der Waals surface area contributed by atoms with Crippen molar-refractivity contribution >= 4 is 56.5 Å². The number of amides is 1. The molecule has 144 valence electrons. The molecule has 1 saturated heterocycles. The van der Waals surface area contributed by atoms with Crippen molar-refractivity contribution in [3.05, 3.63) is 56.9 Å². The van der Waals surface area contributed by atoms with Gasteiger partial charge in [0.05, 0.1) is 27.7 Å². The van der Waals surface area contributed by atoms with Crippen LogP contribution in [0.2, 0.25) is 0 Å². The first kappa shape index (κ1) is 20.0. The third-order valence-electron chi connectivity index (χ3n) is 3.89. The van der Waals surface area contributed by atoms with Crippen LogP contribution in [0.4, 0.5) is 5.69 Å². The van der Waals surface area contributed by atoms with Gasteiger partial charge in [0.25, 0.3) is 5.91 Å². The molecule has 2 aromatic carbocycles. The van der Waals surface area contributed by atoms with Gasteiger partial charge in [-0.2, -0.15) is 0 Å². The lowest BCUT2D eigenvalue weighted by Crippen LogP contribution is -2.23. The number of carbonyl (C=O) groups excluding carboxylic acids is 1. The van der Waals surface area contributed by atoms with Crippen molar-refractivity contribution in [1.82, 2.24) is 4.90 Å². The number of aromatic hydroxyl groups is 1. The van der Waals surface area contributed by atoms with E-state index >= 15 is 0 Å². The minimum atomic E-state index is -1.04. The molecule has 1 fully saturated rings. The van der Waals surface area contributed by atoms with Crippen LogP contribution in [0.1, 0.15) is 15.9 Å². The highest BCUT2D eigenvalue weighted by Gasteiger charge is 2.30. The van der Waals surface area contributed by atoms with Crippen molar-refractivity contribution in [3.63, 3.8) is 0 Å². The van der Waals surface area contributed by atoms with Crippen LogP contribution in [-0.2, 0) is 4.79 Å². The molecule has 0 atom stereocenters. The molecular formula is C19H15BrN2O5S. The number of ether oxygens (including phenoxy) is 1. The van der Waals surface area contributed by atoms with E-state index < -0.39 is 5.97 Å². The van der Waals surface area contributed by atoms with Crippen LogP contribution in [0.3, 0.4) is 0 Å². The Balaban J connectivity index is 1.94. The van der Waals surface area contributed by atoms with Gasteiger partial charge in [-0.3, -0.25) is 9.69 Å². The number of aliphatic imine (C=N–C) groups is 1. The Labute approximate surface area is 173 Å². The summed E-state index contributed by atoms with van der Waals surface area (Å²) in [5, 5.41) is 19.4. The van der Waals surface area contributed by atoms with Crippen LogP contribution in [0, 0.1) is 0 Å². The molecule has 0 spiro atoms. The molecule has 0 saturated carbocycles. The fourth-order valence-corrected chi connectivity index (χ4v) is 3.90. The standard InChI is InChI=1S/C19H15BrN2O5S/c1-22-17(24)15(8-10-6-13(20)16(23)14(7-10)27-2)28-19(22)21-12-5-3-4-11(9-12)18(25)26/h3-9,23H,1-2H3,(H,25,26)/b15-8-,21-19?. The Morgan fingerprint density at radius 3 is 2.75 bits per heavy atom. The lowest BCUT2D eigenvalue weighted by atomic mass is 10.2. The van der Waals surface area contributed by atoms with Crippen LogP contribution in [-0.4, -0.2) is 46.3 Å². The Hall–Kier alpha value is -2.78. The van der Waals surface area contributed by atoms with Gasteiger partial charge in [0.2, 0.25) is 0 Å². The summed E-state index contributed by atoms with van der Waals surface area (Å²) in [4.78, 5) is 29.9. The van der Waals surface area contributed by atoms with Gasteiger partial charge in [-0.1, -0.05) is 6.07 Å². The molecule has 9 heteroatoms. The maximum absolute atomic E-state index is 12.6. The van der Waals surface area contributed by atoms with E-state index in [1.165, 1.54) is 35.9 Å². The molecule has 2 aromatic rings. The average molecular weight is 463 g/mol. The van der Waals surface area contributed by atoms with Crippen LogP contribution in [0.25, 0.3) is 6.08 Å². The van der Waals surface area contributed by atoms with Crippen LogP contribution < -0.4 is 4.74 Å². The number of methoxy groups -OCH3 is 1. The molecule has 0 radical (unpaired) electrons. The van der Waals surface area contributed by atoms with Gasteiger partial charge >= 0.3 is 5.97 Å². The first-order chi connectivity index (χ1) is 13.3. The summed E-state index contributed by atoms with van der Waals surface area (Å²) in [6, 6.07) is 9.47. The van der Waals surface area contributed by atoms with Crippen LogP contribution >= 0.6 is 27.7 Å². The molecule has 1 aliphatic rings. The molecule has 0 aliphatic carbocycles. The SMILES string of the molecule is COc1cc(/C=C2\SC(=Nc3cccc(C(=O)O)c3)N(C)C2=O)cc(Br)c1O. The zero-order valence-corrected chi connectivity index (χ0v) is 17.2. The number of hydrogen-bond acceptors (Lipinski definition) is 6. The van der Waals surface area contributed by atoms with E-state index in [-0.39, 0.29) is 23.0 Å². The molecule has 3 rings (SSSR count). The summed E-state index contributed by atoms with van der Waals surface area (Å²) in [7, 11) is 3.04. The number of nitrogens with zero attached hydrogens (tertiary/aromatic N) is 2. The second-order valence-electron chi connectivity index (χ2n) is 5.78. The Morgan fingerprint density at radius 2 is 2.07 bits per heavy atom. The lowest BCUT2D eigenvalue weighted by Gasteiger charge is -2.07. The summed E-state index contributed by atoms with van der Waals surface area (Å²) < 4.78 is 5.57. The van der Waals surface area contributed by atoms with E-state index in [0.29, 0.717) is 25.8 Å². The largest absolute Gasteiger partial charge is 0.503 e. The van der Waals surface area contributed by atoms with Gasteiger partial charge < -0.3 is 14.9 Å². The number of hydrogen-bond donors (Lipinski definition) is 2. The van der Waals surface area contributed by atoms with Crippen molar-refractivity contribution in [2.45, 2.75) is 0 Å². The molecule has 28 heavy (non-hydrogen) atoms. The van der Waals surface area contributed by atoms with E-state index in [1.54, 1.807) is 37.4 Å². The number of likely N-dealkylation sites (N-methyl/N-ethyl adjacent to an activating group) is 1. The topological polar surface area (TPSA) is 99.4 Å². The van der Waals surface area contributed by atoms with Crippen molar-refractivity contribution in [2.75, 3.05) is 14.2 Å². The van der Waals surface area contributed by atoms with Gasteiger partial charge in [-0.05, 0) is 69.7 Å². The van der Waals surface area contributed by atoms with Crippen molar-refractivity contribution in [2.24, 2.45) is 4.99 Å². The predicted octanol–water partition coefficient (Wildman–Crippen LogP) is 4.10. The maximum atomic E-state index is 12.6. The minimum absolute atomic E-state index is 0.0206. The number of carbonyl (C=O) groups is 2. The molecular weight excluding hydrogens is 448 g/mol. The zero-order valence-electron chi connectivity index (χ0n) is 14.8. The molecule has 0 bridgehead atoms. The highest BCUT2D eigenvalue weighted by Crippen LogP contribution is 2.38. The normalized spacial score (nSPS) is 16.8. The fourth-order valence-electron chi connectivity index (χ4n) is 2.45. The second-order valence-corrected chi connectivity index (χ2v) is 7.64. The first-order valence-corrected chi connectivity index (χ1v) is 9.57. The van der Waals surface area contributed by atoms with Crippen LogP contribution in [0.15, 0.2) is 50.8 Å². The summed E-state index contributed by atoms with van der Waals surface area (Å²) in [5.41, 5.74) is 1.23. The number of carboxylic acid groups (broad SMARTS) is 1. The number of thioether (sulfide) groups is 1. The molecule has 1 aliphatic heterocycles. The molecule has 2 N–H and O–H groups in total. The minimum Gasteiger partial charge on any atom is -0.503 e. The Bertz CT molecular complexity index is 1030. The highest BCUT2D eigenvalue weighted by molar-refractivity contribution is 9.10. The predicted molar refractivity (Wildman–Crippen MR) is 111 cm³/mol. The monoisotopic (exact) mass is 462 g/mol. The third kappa shape index (κ3) is 4.05. The van der Waals surface area contributed by atoms with Crippen molar-refractivity contribution < 1.29 is 24.5 Å².